The van der Waals surface area contributed by atoms with Gasteiger partial charge < -0.3 is 30.3 Å². The normalized spacial score (nSPS) is 23.4. The number of amides is 4. The lowest BCUT2D eigenvalue weighted by Gasteiger charge is -2.51. The van der Waals surface area contributed by atoms with E-state index in [0.29, 0.717) is 22.8 Å². The molecule has 4 N–H and O–H groups in total. The van der Waals surface area contributed by atoms with Gasteiger partial charge in [-0.15, -0.1) is 0 Å². The first-order valence-electron chi connectivity index (χ1n) is 17.0. The fourth-order valence-corrected chi connectivity index (χ4v) is 7.88. The molecule has 12 nitrogen and oxygen atoms in total. The Morgan fingerprint density at radius 1 is 0.917 bits per heavy atom. The van der Waals surface area contributed by atoms with Crippen LogP contribution in [0.1, 0.15) is 75.8 Å². The highest BCUT2D eigenvalue weighted by atomic mass is 16.3. The molecule has 3 saturated carbocycles. The van der Waals surface area contributed by atoms with Gasteiger partial charge in [-0.25, -0.2) is 0 Å². The largest absolute Gasteiger partial charge is 0.451 e. The summed E-state index contributed by atoms with van der Waals surface area (Å²) in [7, 11) is 0. The van der Waals surface area contributed by atoms with Gasteiger partial charge in [0.1, 0.15) is 23.9 Å². The molecule has 3 fully saturated rings. The quantitative estimate of drug-likeness (QED) is 0.216. The molecule has 1 aromatic carbocycles. The number of carbonyl (C=O) groups is 5. The summed E-state index contributed by atoms with van der Waals surface area (Å²) in [6.07, 6.45) is 8.09. The first-order valence-corrected chi connectivity index (χ1v) is 17.0. The number of hydrogen-bond acceptors (Lipinski definition) is 7. The van der Waals surface area contributed by atoms with Crippen molar-refractivity contribution in [2.45, 2.75) is 89.9 Å². The number of carbonyl (C=O) groups excluding carboxylic acids is 5. The predicted molar refractivity (Wildman–Crippen MR) is 178 cm³/mol. The lowest BCUT2D eigenvalue weighted by atomic mass is 9.56. The Hall–Kier alpha value is -4.74. The van der Waals surface area contributed by atoms with E-state index in [-0.39, 0.29) is 48.8 Å². The fraction of sp³-hybridized carbons (Fsp3) is 0.500. The van der Waals surface area contributed by atoms with Crippen LogP contribution in [-0.2, 0) is 25.7 Å². The van der Waals surface area contributed by atoms with Crippen molar-refractivity contribution in [2.24, 2.45) is 23.7 Å². The standard InChI is InChI=1S/C36H43N5O7/c1-20(2)37-34(45)29(42)12-11-26(39-35(46)31-18-23-6-3-4-8-30(23)48-31)33(44)40-27-7-5-13-41(36(27)47)19-32(43)38-28-17-22-10-9-21-14-24(22)16-25(28)15-21/h3-8,13,18,20-22,24-26,28H,9-12,14-17,19H2,1-2H3,(H,37,45)(H,38,43)(H,39,46)(H,40,44)/t21?,22?,24?,25?,26-,28?/m0/s1. The molecule has 254 valence electrons. The maximum atomic E-state index is 13.5. The molecule has 4 amide bonds. The molecular formula is C36H43N5O7. The van der Waals surface area contributed by atoms with Crippen LogP contribution in [0.15, 0.2) is 57.9 Å². The summed E-state index contributed by atoms with van der Waals surface area (Å²) in [5.74, 6) is -0.622. The third kappa shape index (κ3) is 7.53. The second-order valence-electron chi connectivity index (χ2n) is 13.9. The number of aromatic nitrogens is 1. The van der Waals surface area contributed by atoms with Crippen molar-refractivity contribution >= 4 is 46.1 Å². The van der Waals surface area contributed by atoms with E-state index in [1.165, 1.54) is 42.2 Å². The van der Waals surface area contributed by atoms with Gasteiger partial charge in [-0.05, 0) is 100 Å². The molecule has 6 atom stereocenters. The van der Waals surface area contributed by atoms with Crippen LogP contribution in [0.3, 0.4) is 0 Å². The molecule has 3 aliphatic carbocycles. The van der Waals surface area contributed by atoms with Crippen LogP contribution in [0.5, 0.6) is 0 Å². The topological polar surface area (TPSA) is 169 Å². The SMILES string of the molecule is CC(C)NC(=O)C(=O)CC[C@H](NC(=O)c1cc2ccccc2o1)C(=O)Nc1cccn(CC(=O)NC2CC3CCC4CC3CC2C4)c1=O. The Balaban J connectivity index is 1.12. The van der Waals surface area contributed by atoms with Crippen molar-refractivity contribution in [3.8, 4) is 0 Å². The summed E-state index contributed by atoms with van der Waals surface area (Å²) >= 11 is 0. The maximum Gasteiger partial charge on any atom is 0.287 e. The zero-order chi connectivity index (χ0) is 33.9. The summed E-state index contributed by atoms with van der Waals surface area (Å²) in [4.78, 5) is 78.0. The smallest absolute Gasteiger partial charge is 0.287 e. The Bertz CT molecular complexity index is 1740. The molecule has 3 bridgehead atoms. The highest BCUT2D eigenvalue weighted by molar-refractivity contribution is 6.36. The fourth-order valence-electron chi connectivity index (χ4n) is 7.88. The Labute approximate surface area is 278 Å². The molecule has 6 rings (SSSR count). The summed E-state index contributed by atoms with van der Waals surface area (Å²) in [5, 5.41) is 11.6. The minimum Gasteiger partial charge on any atom is -0.451 e. The van der Waals surface area contributed by atoms with E-state index in [2.05, 4.69) is 21.3 Å². The van der Waals surface area contributed by atoms with E-state index in [1.807, 2.05) is 0 Å². The minimum atomic E-state index is -1.29. The summed E-state index contributed by atoms with van der Waals surface area (Å²) in [6.45, 7) is 3.24. The number of hydrogen-bond donors (Lipinski definition) is 4. The number of ketones is 1. The number of furan rings is 1. The van der Waals surface area contributed by atoms with Crippen molar-refractivity contribution in [1.82, 2.24) is 20.5 Å². The summed E-state index contributed by atoms with van der Waals surface area (Å²) in [6, 6.07) is 10.1. The molecule has 3 aliphatic rings. The van der Waals surface area contributed by atoms with Crippen LogP contribution < -0.4 is 26.8 Å². The van der Waals surface area contributed by atoms with Crippen molar-refractivity contribution in [3.05, 3.63) is 64.8 Å². The van der Waals surface area contributed by atoms with Gasteiger partial charge in [0.2, 0.25) is 17.6 Å². The van der Waals surface area contributed by atoms with Gasteiger partial charge >= 0.3 is 0 Å². The molecule has 12 heteroatoms. The average molecular weight is 658 g/mol. The third-order valence-corrected chi connectivity index (χ3v) is 10.2. The van der Waals surface area contributed by atoms with E-state index in [9.17, 15) is 28.8 Å². The van der Waals surface area contributed by atoms with Gasteiger partial charge in [0, 0.05) is 30.1 Å². The number of nitrogens with zero attached hydrogens (tertiary/aromatic N) is 1. The Morgan fingerprint density at radius 3 is 2.50 bits per heavy atom. The number of pyridine rings is 1. The van der Waals surface area contributed by atoms with E-state index in [0.717, 1.165) is 31.1 Å². The number of rotatable bonds is 12. The van der Waals surface area contributed by atoms with Gasteiger partial charge in [0.15, 0.2) is 5.76 Å². The third-order valence-electron chi connectivity index (χ3n) is 10.2. The van der Waals surface area contributed by atoms with Crippen molar-refractivity contribution in [1.29, 1.82) is 0 Å². The van der Waals surface area contributed by atoms with E-state index >= 15 is 0 Å². The lowest BCUT2D eigenvalue weighted by Crippen LogP contribution is -2.52. The van der Waals surface area contributed by atoms with Gasteiger partial charge in [0.25, 0.3) is 17.4 Å². The van der Waals surface area contributed by atoms with Crippen LogP contribution in [0.25, 0.3) is 11.0 Å². The maximum absolute atomic E-state index is 13.5. The van der Waals surface area contributed by atoms with Gasteiger partial charge in [-0.2, -0.15) is 0 Å². The zero-order valence-corrected chi connectivity index (χ0v) is 27.3. The van der Waals surface area contributed by atoms with Crippen molar-refractivity contribution in [2.75, 3.05) is 5.32 Å². The first kappa shape index (κ1) is 33.2. The van der Waals surface area contributed by atoms with Crippen LogP contribution in [0, 0.1) is 23.7 Å². The second kappa shape index (κ2) is 14.2. The summed E-state index contributed by atoms with van der Waals surface area (Å²) < 4.78 is 6.87. The molecule has 0 radical (unpaired) electrons. The molecule has 48 heavy (non-hydrogen) atoms. The zero-order valence-electron chi connectivity index (χ0n) is 27.3. The molecule has 2 aromatic heterocycles. The van der Waals surface area contributed by atoms with E-state index in [1.54, 1.807) is 44.2 Å². The van der Waals surface area contributed by atoms with Gasteiger partial charge in [0.05, 0.1) is 0 Å². The highest BCUT2D eigenvalue weighted by Crippen LogP contribution is 2.52. The van der Waals surface area contributed by atoms with Crippen molar-refractivity contribution < 1.29 is 28.4 Å². The first-order chi connectivity index (χ1) is 23.0. The predicted octanol–water partition coefficient (Wildman–Crippen LogP) is 3.54. The number of Topliss-reactive ketones (excluding diaryl/α,β-unsaturated/α-hetero) is 1. The van der Waals surface area contributed by atoms with Gasteiger partial charge in [-0.3, -0.25) is 28.8 Å². The average Bonchev–Trinajstić information content (AvgIpc) is 3.49. The van der Waals surface area contributed by atoms with Crippen LogP contribution in [0.4, 0.5) is 5.69 Å². The lowest BCUT2D eigenvalue weighted by molar-refractivity contribution is -0.138. The van der Waals surface area contributed by atoms with Crippen LogP contribution in [-0.4, -0.2) is 52.1 Å². The van der Waals surface area contributed by atoms with E-state index < -0.39 is 35.1 Å². The number of fused-ring (bicyclic) bond motifs is 3. The second-order valence-corrected chi connectivity index (χ2v) is 13.9. The molecular weight excluding hydrogens is 614 g/mol. The molecule has 3 aromatic rings. The number of para-hydroxylation sites is 1. The highest BCUT2D eigenvalue weighted by Gasteiger charge is 2.45. The number of benzene rings is 1. The molecule has 0 spiro atoms. The van der Waals surface area contributed by atoms with Crippen LogP contribution >= 0.6 is 0 Å². The molecule has 0 aliphatic heterocycles. The Kier molecular flexibility index (Phi) is 9.79. The van der Waals surface area contributed by atoms with E-state index in [4.69, 9.17) is 4.42 Å². The number of anilines is 1. The number of nitrogens with one attached hydrogen (secondary N) is 4. The molecule has 5 unspecified atom stereocenters. The minimum absolute atomic E-state index is 0.0412. The monoisotopic (exact) mass is 657 g/mol. The van der Waals surface area contributed by atoms with Crippen LogP contribution in [0.2, 0.25) is 0 Å². The molecule has 0 saturated heterocycles. The van der Waals surface area contributed by atoms with Gasteiger partial charge in [-0.1, -0.05) is 24.6 Å². The Morgan fingerprint density at radius 2 is 1.71 bits per heavy atom. The van der Waals surface area contributed by atoms with Crippen molar-refractivity contribution in [3.63, 3.8) is 0 Å². The molecule has 2 heterocycles. The summed E-state index contributed by atoms with van der Waals surface area (Å²) in [5.41, 5.74) is -0.194.